The van der Waals surface area contributed by atoms with E-state index in [1.165, 1.54) is 0 Å². The first kappa shape index (κ1) is 32.7. The fourth-order valence-corrected chi connectivity index (χ4v) is 3.53. The summed E-state index contributed by atoms with van der Waals surface area (Å²) in [5, 5.41) is 2.81. The van der Waals surface area contributed by atoms with E-state index in [0.717, 1.165) is 0 Å². The van der Waals surface area contributed by atoms with Crippen molar-refractivity contribution in [1.29, 1.82) is 0 Å². The van der Waals surface area contributed by atoms with Gasteiger partial charge in [0, 0.05) is 12.0 Å². The summed E-state index contributed by atoms with van der Waals surface area (Å²) in [5.41, 5.74) is 4.72. The summed E-state index contributed by atoms with van der Waals surface area (Å²) >= 11 is 0. The lowest BCUT2D eigenvalue weighted by atomic mass is 9.96. The summed E-state index contributed by atoms with van der Waals surface area (Å²) < 4.78 is 0. The first-order valence-corrected chi connectivity index (χ1v) is 14.2. The molecule has 0 radical (unpaired) electrons. The highest BCUT2D eigenvalue weighted by Crippen LogP contribution is 2.43. The fraction of sp³-hybridized carbons (Fsp3) is 0.815. The maximum Gasteiger partial charge on any atom is 0.278 e. The lowest BCUT2D eigenvalue weighted by Crippen LogP contribution is -2.51. The second kappa shape index (κ2) is 12.6. The Hall–Kier alpha value is -2.81. The minimum Gasteiger partial charge on any atom is -0.353 e. The highest BCUT2D eigenvalue weighted by Gasteiger charge is 2.59. The number of carbonyl (C=O) groups is 5. The number of rotatable bonds is 16. The van der Waals surface area contributed by atoms with Crippen molar-refractivity contribution in [2.75, 3.05) is 6.54 Å². The average molecular weight is 584 g/mol. The summed E-state index contributed by atoms with van der Waals surface area (Å²) in [4.78, 5) is 84.7. The van der Waals surface area contributed by atoms with Gasteiger partial charge in [-0.15, -0.1) is 0 Å². The van der Waals surface area contributed by atoms with Gasteiger partial charge in [-0.2, -0.15) is 0 Å². The van der Waals surface area contributed by atoms with Crippen molar-refractivity contribution in [3.05, 3.63) is 0 Å². The Bertz CT molecular complexity index is 1010. The molecular formula is C27H45N5O9. The molecule has 3 aliphatic rings. The summed E-state index contributed by atoms with van der Waals surface area (Å²) in [7, 11) is 0. The van der Waals surface area contributed by atoms with Gasteiger partial charge >= 0.3 is 0 Å². The van der Waals surface area contributed by atoms with Crippen LogP contribution in [0.1, 0.15) is 93.4 Å². The Labute approximate surface area is 240 Å². The first-order chi connectivity index (χ1) is 19.0. The molecule has 3 fully saturated rings. The lowest BCUT2D eigenvalue weighted by molar-refractivity contribution is -0.178. The number of hydroxylamine groups is 4. The maximum absolute atomic E-state index is 12.8. The van der Waals surface area contributed by atoms with Gasteiger partial charge in [-0.1, -0.05) is 48.5 Å². The van der Waals surface area contributed by atoms with Crippen LogP contribution in [0.5, 0.6) is 0 Å². The van der Waals surface area contributed by atoms with E-state index in [9.17, 15) is 24.0 Å². The van der Waals surface area contributed by atoms with Crippen LogP contribution < -0.4 is 27.2 Å². The average Bonchev–Trinajstić information content (AvgIpc) is 3.77. The topological polar surface area (TPSA) is 182 Å². The Balaban J connectivity index is 1.45. The molecule has 0 bridgehead atoms. The van der Waals surface area contributed by atoms with Gasteiger partial charge in [-0.05, 0) is 56.8 Å². The second-order valence-electron chi connectivity index (χ2n) is 13.1. The minimum atomic E-state index is -1.36. The fourth-order valence-electron chi connectivity index (χ4n) is 3.53. The highest BCUT2D eigenvalue weighted by atomic mass is 16.7. The molecule has 3 rings (SSSR count). The Morgan fingerprint density at radius 3 is 1.49 bits per heavy atom. The van der Waals surface area contributed by atoms with E-state index in [0.29, 0.717) is 51.5 Å². The zero-order chi connectivity index (χ0) is 30.6. The number of amides is 5. The largest absolute Gasteiger partial charge is 0.353 e. The third-order valence-corrected chi connectivity index (χ3v) is 7.00. The first-order valence-electron chi connectivity index (χ1n) is 14.2. The smallest absolute Gasteiger partial charge is 0.278 e. The molecule has 5 N–H and O–H groups in total. The summed E-state index contributed by atoms with van der Waals surface area (Å²) in [6.45, 7) is 13.4. The predicted molar refractivity (Wildman–Crippen MR) is 143 cm³/mol. The molecule has 0 spiro atoms. The number of carbonyl (C=O) groups excluding carboxylic acids is 5. The molecule has 0 saturated heterocycles. The van der Waals surface area contributed by atoms with E-state index in [4.69, 9.17) is 19.4 Å². The SMILES string of the molecule is CC(C)CNC(=O)C1(ONC(=O)C2(ONC(=O)C3(ONC(=O)[C@@H](CC(C)C)ONC(=O)C(C)(C)C)CC3)CC2)CC1. The molecule has 5 amide bonds. The van der Waals surface area contributed by atoms with Crippen molar-refractivity contribution < 1.29 is 43.3 Å². The molecule has 0 aromatic heterocycles. The van der Waals surface area contributed by atoms with Crippen LogP contribution in [0.15, 0.2) is 0 Å². The normalized spacial score (nSPS) is 20.0. The summed E-state index contributed by atoms with van der Waals surface area (Å²) in [5.74, 6) is -2.25. The summed E-state index contributed by atoms with van der Waals surface area (Å²) in [6, 6.07) is 0. The van der Waals surface area contributed by atoms with E-state index in [1.807, 2.05) is 27.7 Å². The number of nitrogens with one attached hydrogen (secondary N) is 5. The Morgan fingerprint density at radius 1 is 0.659 bits per heavy atom. The molecule has 14 heteroatoms. The van der Waals surface area contributed by atoms with Gasteiger partial charge in [0.05, 0.1) is 0 Å². The van der Waals surface area contributed by atoms with Gasteiger partial charge in [-0.3, -0.25) is 43.3 Å². The molecule has 0 aliphatic heterocycles. The van der Waals surface area contributed by atoms with Gasteiger partial charge in [0.1, 0.15) is 0 Å². The molecule has 3 saturated carbocycles. The van der Waals surface area contributed by atoms with Crippen molar-refractivity contribution in [3.63, 3.8) is 0 Å². The van der Waals surface area contributed by atoms with Crippen LogP contribution in [0, 0.1) is 17.3 Å². The van der Waals surface area contributed by atoms with Crippen LogP contribution >= 0.6 is 0 Å². The lowest BCUT2D eigenvalue weighted by Gasteiger charge is -2.24. The van der Waals surface area contributed by atoms with Gasteiger partial charge in [0.15, 0.2) is 22.9 Å². The van der Waals surface area contributed by atoms with E-state index in [2.05, 4.69) is 27.2 Å². The van der Waals surface area contributed by atoms with E-state index >= 15 is 0 Å². The third kappa shape index (κ3) is 8.84. The Morgan fingerprint density at radius 2 is 1.10 bits per heavy atom. The van der Waals surface area contributed by atoms with Gasteiger partial charge in [0.2, 0.25) is 5.91 Å². The quantitative estimate of drug-likeness (QED) is 0.166. The van der Waals surface area contributed by atoms with E-state index < -0.39 is 46.0 Å². The minimum absolute atomic E-state index is 0.0675. The number of hydrogen-bond donors (Lipinski definition) is 5. The molecule has 0 heterocycles. The van der Waals surface area contributed by atoms with Crippen molar-refractivity contribution in [1.82, 2.24) is 27.2 Å². The van der Waals surface area contributed by atoms with Crippen molar-refractivity contribution in [2.24, 2.45) is 17.3 Å². The zero-order valence-electron chi connectivity index (χ0n) is 25.1. The Kier molecular flexibility index (Phi) is 10.0. The zero-order valence-corrected chi connectivity index (χ0v) is 25.1. The van der Waals surface area contributed by atoms with Crippen LogP contribution in [0.4, 0.5) is 0 Å². The van der Waals surface area contributed by atoms with Crippen LogP contribution in [0.2, 0.25) is 0 Å². The number of hydrogen-bond acceptors (Lipinski definition) is 9. The van der Waals surface area contributed by atoms with E-state index in [-0.39, 0.29) is 23.7 Å². The van der Waals surface area contributed by atoms with Crippen LogP contribution in [-0.2, 0) is 43.3 Å². The van der Waals surface area contributed by atoms with Gasteiger partial charge in [-0.25, -0.2) is 21.9 Å². The second-order valence-corrected chi connectivity index (χ2v) is 13.1. The van der Waals surface area contributed by atoms with Crippen molar-refractivity contribution in [2.45, 2.75) is 116 Å². The molecule has 0 aromatic rings. The molecule has 3 aliphatic carbocycles. The van der Waals surface area contributed by atoms with Crippen molar-refractivity contribution in [3.8, 4) is 0 Å². The van der Waals surface area contributed by atoms with E-state index in [1.54, 1.807) is 20.8 Å². The summed E-state index contributed by atoms with van der Waals surface area (Å²) in [6.07, 6.45) is 1.53. The van der Waals surface area contributed by atoms with Crippen LogP contribution in [-0.4, -0.2) is 59.0 Å². The standard InChI is InChI=1S/C27H45N5O9/c1-16(2)14-18(38-30-20(34)24(5,6)7)19(33)29-39-26(10-11-26)22(36)32-41-27(12-13-27)23(37)31-40-25(8-9-25)21(35)28-15-17(3)4/h16-18H,8-15H2,1-7H3,(H,28,35)(H,29,33)(H,30,34)(H,31,37)(H,32,36)/t18-/m1/s1. The molecule has 232 valence electrons. The molecule has 14 nitrogen and oxygen atoms in total. The molecule has 41 heavy (non-hydrogen) atoms. The third-order valence-electron chi connectivity index (χ3n) is 7.00. The molecule has 1 atom stereocenters. The monoisotopic (exact) mass is 583 g/mol. The highest BCUT2D eigenvalue weighted by molar-refractivity contribution is 5.91. The predicted octanol–water partition coefficient (Wildman–Crippen LogP) is 1.01. The van der Waals surface area contributed by atoms with Gasteiger partial charge in [0.25, 0.3) is 23.6 Å². The molecule has 0 unspecified atom stereocenters. The molecule has 0 aromatic carbocycles. The molecular weight excluding hydrogens is 538 g/mol. The van der Waals surface area contributed by atoms with Crippen LogP contribution in [0.25, 0.3) is 0 Å². The van der Waals surface area contributed by atoms with Crippen LogP contribution in [0.3, 0.4) is 0 Å². The van der Waals surface area contributed by atoms with Crippen molar-refractivity contribution >= 4 is 29.5 Å². The maximum atomic E-state index is 12.8. The van der Waals surface area contributed by atoms with Gasteiger partial charge < -0.3 is 5.32 Å².